The van der Waals surface area contributed by atoms with Gasteiger partial charge in [-0.3, -0.25) is 0 Å². The van der Waals surface area contributed by atoms with E-state index in [4.69, 9.17) is 10.5 Å². The lowest BCUT2D eigenvalue weighted by Crippen LogP contribution is -1.99. The average Bonchev–Trinajstić information content (AvgIpc) is 2.60. The molecule has 2 N–H and O–H groups in total. The minimum absolute atomic E-state index is 0.272. The predicted molar refractivity (Wildman–Crippen MR) is 100 cm³/mol. The van der Waals surface area contributed by atoms with Crippen LogP contribution in [-0.2, 0) is 16.4 Å². The van der Waals surface area contributed by atoms with Crippen molar-refractivity contribution in [1.82, 2.24) is 0 Å². The third kappa shape index (κ3) is 4.19. The quantitative estimate of drug-likeness (QED) is 0.706. The van der Waals surface area contributed by atoms with E-state index in [9.17, 15) is 8.42 Å². The summed E-state index contributed by atoms with van der Waals surface area (Å²) >= 11 is 0. The zero-order valence-corrected chi connectivity index (χ0v) is 14.7. The Morgan fingerprint density at radius 1 is 0.920 bits per heavy atom. The van der Waals surface area contributed by atoms with Gasteiger partial charge in [0.25, 0.3) is 0 Å². The largest absolute Gasteiger partial charge is 0.489 e. The normalized spacial score (nSPS) is 11.2. The van der Waals surface area contributed by atoms with Crippen LogP contribution in [0, 0.1) is 0 Å². The van der Waals surface area contributed by atoms with Crippen LogP contribution in [0.15, 0.2) is 77.7 Å². The van der Waals surface area contributed by atoms with Gasteiger partial charge >= 0.3 is 0 Å². The van der Waals surface area contributed by atoms with Gasteiger partial charge in [0.1, 0.15) is 12.4 Å². The van der Waals surface area contributed by atoms with E-state index in [1.165, 1.54) is 6.26 Å². The van der Waals surface area contributed by atoms with Crippen molar-refractivity contribution in [1.29, 1.82) is 0 Å². The number of hydrogen-bond donors (Lipinski definition) is 1. The van der Waals surface area contributed by atoms with E-state index in [1.807, 2.05) is 48.5 Å². The Hall–Kier alpha value is -2.79. The number of hydrogen-bond acceptors (Lipinski definition) is 4. The molecule has 4 nitrogen and oxygen atoms in total. The summed E-state index contributed by atoms with van der Waals surface area (Å²) in [5.41, 5.74) is 9.30. The van der Waals surface area contributed by atoms with Crippen LogP contribution in [0.4, 0.5) is 5.69 Å². The molecule has 3 rings (SSSR count). The molecule has 25 heavy (non-hydrogen) atoms. The molecule has 3 aromatic rings. The van der Waals surface area contributed by atoms with Crippen LogP contribution < -0.4 is 10.5 Å². The monoisotopic (exact) mass is 353 g/mol. The summed E-state index contributed by atoms with van der Waals surface area (Å²) in [5, 5.41) is 0. The highest BCUT2D eigenvalue weighted by Gasteiger charge is 2.10. The van der Waals surface area contributed by atoms with Crippen molar-refractivity contribution in [2.24, 2.45) is 0 Å². The molecule has 0 aliphatic carbocycles. The third-order valence-corrected chi connectivity index (χ3v) is 4.95. The summed E-state index contributed by atoms with van der Waals surface area (Å²) in [7, 11) is -3.26. The van der Waals surface area contributed by atoms with E-state index >= 15 is 0 Å². The van der Waals surface area contributed by atoms with Crippen LogP contribution in [0.5, 0.6) is 5.75 Å². The van der Waals surface area contributed by atoms with Gasteiger partial charge in [0.05, 0.1) is 4.90 Å². The first-order valence-electron chi connectivity index (χ1n) is 7.80. The van der Waals surface area contributed by atoms with Gasteiger partial charge in [-0.15, -0.1) is 0 Å². The van der Waals surface area contributed by atoms with E-state index in [0.717, 1.165) is 16.7 Å². The number of rotatable bonds is 5. The molecule has 0 heterocycles. The van der Waals surface area contributed by atoms with Gasteiger partial charge in [-0.2, -0.15) is 0 Å². The minimum atomic E-state index is -3.26. The molecule has 0 saturated carbocycles. The number of benzene rings is 3. The van der Waals surface area contributed by atoms with Crippen molar-refractivity contribution in [2.75, 3.05) is 12.0 Å². The van der Waals surface area contributed by atoms with Gasteiger partial charge < -0.3 is 10.5 Å². The Morgan fingerprint density at radius 3 is 2.36 bits per heavy atom. The topological polar surface area (TPSA) is 69.4 Å². The van der Waals surface area contributed by atoms with Gasteiger partial charge in [-0.05, 0) is 35.4 Å². The molecule has 5 heteroatoms. The molecule has 0 radical (unpaired) electrons. The van der Waals surface area contributed by atoms with Crippen LogP contribution in [0.2, 0.25) is 0 Å². The van der Waals surface area contributed by atoms with Crippen molar-refractivity contribution in [3.05, 3.63) is 78.4 Å². The maximum Gasteiger partial charge on any atom is 0.175 e. The number of nitrogens with two attached hydrogens (primary N) is 1. The summed E-state index contributed by atoms with van der Waals surface area (Å²) in [6.45, 7) is 0.461. The van der Waals surface area contributed by atoms with Gasteiger partial charge in [0.2, 0.25) is 0 Å². The molecule has 0 unspecified atom stereocenters. The molecule has 0 aromatic heterocycles. The second kappa shape index (κ2) is 6.99. The lowest BCUT2D eigenvalue weighted by Gasteiger charge is -2.11. The van der Waals surface area contributed by atoms with Crippen molar-refractivity contribution in [3.8, 4) is 16.9 Å². The van der Waals surface area contributed by atoms with Gasteiger partial charge in [-0.1, -0.05) is 42.5 Å². The average molecular weight is 353 g/mol. The summed E-state index contributed by atoms with van der Waals surface area (Å²) < 4.78 is 29.2. The summed E-state index contributed by atoms with van der Waals surface area (Å²) in [6, 6.07) is 22.1. The van der Waals surface area contributed by atoms with Gasteiger partial charge in [-0.25, -0.2) is 8.42 Å². The highest BCUT2D eigenvalue weighted by molar-refractivity contribution is 7.90. The molecule has 0 fully saturated rings. The molecule has 0 atom stereocenters. The Labute approximate surface area is 147 Å². The number of anilines is 1. The summed E-state index contributed by atoms with van der Waals surface area (Å²) in [4.78, 5) is 0.272. The Kier molecular flexibility index (Phi) is 4.76. The van der Waals surface area contributed by atoms with Crippen LogP contribution in [0.3, 0.4) is 0 Å². The van der Waals surface area contributed by atoms with Crippen molar-refractivity contribution >= 4 is 15.5 Å². The highest BCUT2D eigenvalue weighted by atomic mass is 32.2. The Bertz CT molecular complexity index is 983. The first kappa shape index (κ1) is 17.0. The van der Waals surface area contributed by atoms with E-state index in [-0.39, 0.29) is 4.90 Å². The second-order valence-corrected chi connectivity index (χ2v) is 7.84. The third-order valence-electron chi connectivity index (χ3n) is 3.84. The van der Waals surface area contributed by atoms with E-state index in [0.29, 0.717) is 18.0 Å². The zero-order valence-electron chi connectivity index (χ0n) is 13.8. The van der Waals surface area contributed by atoms with Crippen LogP contribution in [-0.4, -0.2) is 14.7 Å². The number of nitrogen functional groups attached to an aromatic ring is 1. The standard InChI is InChI=1S/C20H19NO3S/c1-25(22,23)18-9-5-8-16(12-18)19-11-10-17(13-20(19)21)24-14-15-6-3-2-4-7-15/h2-13H,14,21H2,1H3. The van der Waals surface area contributed by atoms with Crippen LogP contribution in [0.25, 0.3) is 11.1 Å². The zero-order chi connectivity index (χ0) is 17.9. The fraction of sp³-hybridized carbons (Fsp3) is 0.100. The molecular weight excluding hydrogens is 334 g/mol. The molecule has 0 bridgehead atoms. The number of ether oxygens (including phenoxy) is 1. The minimum Gasteiger partial charge on any atom is -0.489 e. The predicted octanol–water partition coefficient (Wildman–Crippen LogP) is 3.92. The Balaban J connectivity index is 1.83. The van der Waals surface area contributed by atoms with E-state index < -0.39 is 9.84 Å². The highest BCUT2D eigenvalue weighted by Crippen LogP contribution is 2.31. The van der Waals surface area contributed by atoms with Gasteiger partial charge in [0.15, 0.2) is 9.84 Å². The molecule has 0 saturated heterocycles. The fourth-order valence-corrected chi connectivity index (χ4v) is 3.20. The van der Waals surface area contributed by atoms with Crippen molar-refractivity contribution < 1.29 is 13.2 Å². The molecule has 0 aliphatic heterocycles. The lowest BCUT2D eigenvalue weighted by molar-refractivity contribution is 0.306. The lowest BCUT2D eigenvalue weighted by atomic mass is 10.0. The maximum absolute atomic E-state index is 11.7. The first-order chi connectivity index (χ1) is 11.9. The van der Waals surface area contributed by atoms with Gasteiger partial charge in [0, 0.05) is 23.6 Å². The summed E-state index contributed by atoms with van der Waals surface area (Å²) in [5.74, 6) is 0.671. The Morgan fingerprint density at radius 2 is 1.68 bits per heavy atom. The maximum atomic E-state index is 11.7. The van der Waals surface area contributed by atoms with Crippen LogP contribution in [0.1, 0.15) is 5.56 Å². The van der Waals surface area contributed by atoms with Crippen molar-refractivity contribution in [2.45, 2.75) is 11.5 Å². The fourth-order valence-electron chi connectivity index (χ4n) is 2.53. The molecule has 0 amide bonds. The SMILES string of the molecule is CS(=O)(=O)c1cccc(-c2ccc(OCc3ccccc3)cc2N)c1. The summed E-state index contributed by atoms with van der Waals surface area (Å²) in [6.07, 6.45) is 1.19. The first-order valence-corrected chi connectivity index (χ1v) is 9.69. The number of sulfone groups is 1. The van der Waals surface area contributed by atoms with E-state index in [1.54, 1.807) is 24.3 Å². The van der Waals surface area contributed by atoms with E-state index in [2.05, 4.69) is 0 Å². The molecular formula is C20H19NO3S. The second-order valence-electron chi connectivity index (χ2n) is 5.82. The molecule has 0 spiro atoms. The smallest absolute Gasteiger partial charge is 0.175 e. The van der Waals surface area contributed by atoms with Crippen molar-refractivity contribution in [3.63, 3.8) is 0 Å². The molecule has 0 aliphatic rings. The molecule has 128 valence electrons. The molecule has 3 aromatic carbocycles. The van der Waals surface area contributed by atoms with Crippen LogP contribution >= 0.6 is 0 Å².